The highest BCUT2D eigenvalue weighted by Gasteiger charge is 2.12. The average Bonchev–Trinajstić information content (AvgIpc) is 2.53. The molecule has 0 aliphatic rings. The first kappa shape index (κ1) is 16.3. The van der Waals surface area contributed by atoms with Crippen LogP contribution in [0, 0.1) is 11.3 Å². The zero-order valence-electron chi connectivity index (χ0n) is 11.8. The van der Waals surface area contributed by atoms with E-state index in [1.165, 1.54) is 13.2 Å². The molecule has 0 aliphatic carbocycles. The van der Waals surface area contributed by atoms with Gasteiger partial charge in [0.25, 0.3) is 0 Å². The first-order chi connectivity index (χ1) is 10.7. The second-order valence-corrected chi connectivity index (χ2v) is 5.04. The normalized spacial score (nSPS) is 9.91. The van der Waals surface area contributed by atoms with E-state index in [2.05, 4.69) is 0 Å². The molecule has 2 rings (SSSR count). The molecule has 0 fully saturated rings. The Morgan fingerprint density at radius 2 is 1.73 bits per heavy atom. The predicted octanol–water partition coefficient (Wildman–Crippen LogP) is 4.33. The molecule has 0 amide bonds. The van der Waals surface area contributed by atoms with Crippen molar-refractivity contribution in [3.8, 4) is 23.3 Å². The summed E-state index contributed by atoms with van der Waals surface area (Å²) < 4.78 is 16.3. The lowest BCUT2D eigenvalue weighted by Crippen LogP contribution is -2.10. The van der Waals surface area contributed by atoms with Gasteiger partial charge in [0, 0.05) is 6.07 Å². The maximum absolute atomic E-state index is 8.90. The summed E-state index contributed by atoms with van der Waals surface area (Å²) in [5.74, 6) is 1.37. The van der Waals surface area contributed by atoms with E-state index in [0.717, 1.165) is 0 Å². The van der Waals surface area contributed by atoms with Gasteiger partial charge in [-0.2, -0.15) is 5.26 Å². The standard InChI is InChI=1S/C16H13Cl2NO3/c1-20-15-9-11(10-19)8-13(18)16(15)22-7-6-21-14-5-3-2-4-12(14)17/h2-5,8-9H,6-7H2,1H3. The van der Waals surface area contributed by atoms with Gasteiger partial charge >= 0.3 is 0 Å². The first-order valence-corrected chi connectivity index (χ1v) is 7.19. The molecule has 22 heavy (non-hydrogen) atoms. The van der Waals surface area contributed by atoms with Crippen molar-refractivity contribution in [3.05, 3.63) is 52.0 Å². The van der Waals surface area contributed by atoms with E-state index in [1.807, 2.05) is 18.2 Å². The average molecular weight is 338 g/mol. The van der Waals surface area contributed by atoms with Crippen molar-refractivity contribution in [1.82, 2.24) is 0 Å². The van der Waals surface area contributed by atoms with E-state index in [0.29, 0.717) is 39.5 Å². The van der Waals surface area contributed by atoms with E-state index >= 15 is 0 Å². The molecule has 6 heteroatoms. The molecule has 0 radical (unpaired) electrons. The zero-order valence-corrected chi connectivity index (χ0v) is 13.3. The van der Waals surface area contributed by atoms with Crippen LogP contribution in [0.3, 0.4) is 0 Å². The number of methoxy groups -OCH3 is 1. The Kier molecular flexibility index (Phi) is 5.76. The molecule has 0 aromatic heterocycles. The van der Waals surface area contributed by atoms with Crippen molar-refractivity contribution in [2.24, 2.45) is 0 Å². The predicted molar refractivity (Wildman–Crippen MR) is 85.2 cm³/mol. The molecule has 114 valence electrons. The van der Waals surface area contributed by atoms with Gasteiger partial charge in [0.05, 0.1) is 28.8 Å². The van der Waals surface area contributed by atoms with Crippen LogP contribution in [-0.4, -0.2) is 20.3 Å². The maximum atomic E-state index is 8.90. The van der Waals surface area contributed by atoms with Crippen LogP contribution in [0.15, 0.2) is 36.4 Å². The van der Waals surface area contributed by atoms with Gasteiger partial charge in [-0.25, -0.2) is 0 Å². The number of halogens is 2. The summed E-state index contributed by atoms with van der Waals surface area (Å²) >= 11 is 12.1. The minimum absolute atomic E-state index is 0.257. The van der Waals surface area contributed by atoms with Crippen molar-refractivity contribution in [3.63, 3.8) is 0 Å². The highest BCUT2D eigenvalue weighted by atomic mass is 35.5. The molecule has 2 aromatic rings. The lowest BCUT2D eigenvalue weighted by molar-refractivity contribution is 0.211. The van der Waals surface area contributed by atoms with Crippen LogP contribution in [0.5, 0.6) is 17.2 Å². The Balaban J connectivity index is 1.98. The molecule has 0 aliphatic heterocycles. The fourth-order valence-corrected chi connectivity index (χ4v) is 2.24. The SMILES string of the molecule is COc1cc(C#N)cc(Cl)c1OCCOc1ccccc1Cl. The van der Waals surface area contributed by atoms with Crippen molar-refractivity contribution in [2.45, 2.75) is 0 Å². The van der Waals surface area contributed by atoms with Crippen LogP contribution in [-0.2, 0) is 0 Å². The summed E-state index contributed by atoms with van der Waals surface area (Å²) in [4.78, 5) is 0. The molecular weight excluding hydrogens is 325 g/mol. The summed E-state index contributed by atoms with van der Waals surface area (Å²) in [6.45, 7) is 0.552. The minimum Gasteiger partial charge on any atom is -0.493 e. The van der Waals surface area contributed by atoms with E-state index in [4.69, 9.17) is 42.7 Å². The third-order valence-electron chi connectivity index (χ3n) is 2.78. The molecule has 0 saturated carbocycles. The molecule has 2 aromatic carbocycles. The van der Waals surface area contributed by atoms with Crippen LogP contribution >= 0.6 is 23.2 Å². The van der Waals surface area contributed by atoms with Crippen molar-refractivity contribution < 1.29 is 14.2 Å². The molecule has 0 unspecified atom stereocenters. The highest BCUT2D eigenvalue weighted by molar-refractivity contribution is 6.32. The van der Waals surface area contributed by atoms with Gasteiger partial charge in [0.1, 0.15) is 19.0 Å². The Bertz CT molecular complexity index is 698. The number of rotatable bonds is 6. The Morgan fingerprint density at radius 3 is 2.41 bits per heavy atom. The largest absolute Gasteiger partial charge is 0.493 e. The third kappa shape index (κ3) is 3.97. The second kappa shape index (κ2) is 7.79. The zero-order chi connectivity index (χ0) is 15.9. The van der Waals surface area contributed by atoms with Crippen LogP contribution in [0.2, 0.25) is 10.0 Å². The van der Waals surface area contributed by atoms with Gasteiger partial charge in [-0.05, 0) is 18.2 Å². The molecule has 0 spiro atoms. The van der Waals surface area contributed by atoms with Crippen molar-refractivity contribution in [1.29, 1.82) is 5.26 Å². The fraction of sp³-hybridized carbons (Fsp3) is 0.188. The molecule has 0 N–H and O–H groups in total. The van der Waals surface area contributed by atoms with Gasteiger partial charge < -0.3 is 14.2 Å². The molecule has 0 saturated heterocycles. The lowest BCUT2D eigenvalue weighted by atomic mass is 10.2. The molecule has 0 atom stereocenters. The van der Waals surface area contributed by atoms with Crippen LogP contribution in [0.25, 0.3) is 0 Å². The summed E-state index contributed by atoms with van der Waals surface area (Å²) in [6.07, 6.45) is 0. The van der Waals surface area contributed by atoms with Crippen LogP contribution in [0.1, 0.15) is 5.56 Å². The van der Waals surface area contributed by atoms with Gasteiger partial charge in [-0.1, -0.05) is 35.3 Å². The monoisotopic (exact) mass is 337 g/mol. The number of ether oxygens (including phenoxy) is 3. The first-order valence-electron chi connectivity index (χ1n) is 6.43. The fourth-order valence-electron chi connectivity index (χ4n) is 1.78. The van der Waals surface area contributed by atoms with Gasteiger partial charge in [0.15, 0.2) is 11.5 Å². The Hall–Kier alpha value is -2.09. The molecular formula is C16H13Cl2NO3. The summed E-state index contributed by atoms with van der Waals surface area (Å²) in [5, 5.41) is 9.75. The van der Waals surface area contributed by atoms with Gasteiger partial charge in [0.2, 0.25) is 0 Å². The summed E-state index contributed by atoms with van der Waals surface area (Å²) in [7, 11) is 1.49. The number of benzene rings is 2. The topological polar surface area (TPSA) is 51.5 Å². The highest BCUT2D eigenvalue weighted by Crippen LogP contribution is 2.36. The molecule has 4 nitrogen and oxygen atoms in total. The summed E-state index contributed by atoms with van der Waals surface area (Å²) in [6, 6.07) is 12.3. The second-order valence-electron chi connectivity index (χ2n) is 4.23. The minimum atomic E-state index is 0.257. The van der Waals surface area contributed by atoms with Crippen LogP contribution in [0.4, 0.5) is 0 Å². The number of para-hydroxylation sites is 1. The maximum Gasteiger partial charge on any atom is 0.179 e. The number of hydrogen-bond donors (Lipinski definition) is 0. The lowest BCUT2D eigenvalue weighted by Gasteiger charge is -2.13. The van der Waals surface area contributed by atoms with E-state index in [-0.39, 0.29) is 6.61 Å². The molecule has 0 heterocycles. The van der Waals surface area contributed by atoms with E-state index < -0.39 is 0 Å². The van der Waals surface area contributed by atoms with Gasteiger partial charge in [-0.3, -0.25) is 0 Å². The van der Waals surface area contributed by atoms with E-state index in [1.54, 1.807) is 18.2 Å². The quantitative estimate of drug-likeness (QED) is 0.736. The third-order valence-corrected chi connectivity index (χ3v) is 3.38. The smallest absolute Gasteiger partial charge is 0.179 e. The number of nitrogens with zero attached hydrogens (tertiary/aromatic N) is 1. The van der Waals surface area contributed by atoms with Gasteiger partial charge in [-0.15, -0.1) is 0 Å². The number of nitriles is 1. The molecule has 0 bridgehead atoms. The van der Waals surface area contributed by atoms with E-state index in [9.17, 15) is 0 Å². The summed E-state index contributed by atoms with van der Waals surface area (Å²) in [5.41, 5.74) is 0.404. The Morgan fingerprint density at radius 1 is 1.00 bits per heavy atom. The van der Waals surface area contributed by atoms with Crippen LogP contribution < -0.4 is 14.2 Å². The van der Waals surface area contributed by atoms with Crippen molar-refractivity contribution >= 4 is 23.2 Å². The number of hydrogen-bond acceptors (Lipinski definition) is 4. The van der Waals surface area contributed by atoms with Crippen molar-refractivity contribution in [2.75, 3.05) is 20.3 Å². The Labute approximate surface area is 138 Å².